The first-order chi connectivity index (χ1) is 7.08. The van der Waals surface area contributed by atoms with Crippen molar-refractivity contribution >= 4 is 0 Å². The van der Waals surface area contributed by atoms with Gasteiger partial charge in [-0.05, 0) is 44.6 Å². The van der Waals surface area contributed by atoms with E-state index in [4.69, 9.17) is 4.74 Å². The summed E-state index contributed by atoms with van der Waals surface area (Å²) in [7, 11) is 2.03. The normalized spacial score (nSPS) is 32.2. The van der Waals surface area contributed by atoms with Gasteiger partial charge in [-0.3, -0.25) is 0 Å². The molecule has 0 amide bonds. The molecule has 0 heterocycles. The molecule has 0 unspecified atom stereocenters. The zero-order valence-corrected chi connectivity index (χ0v) is 10.8. The van der Waals surface area contributed by atoms with Crippen LogP contribution in [0.15, 0.2) is 0 Å². The Morgan fingerprint density at radius 1 is 1.33 bits per heavy atom. The van der Waals surface area contributed by atoms with Crippen LogP contribution in [-0.4, -0.2) is 25.8 Å². The lowest BCUT2D eigenvalue weighted by molar-refractivity contribution is -0.0834. The quantitative estimate of drug-likeness (QED) is 0.758. The van der Waals surface area contributed by atoms with Crippen LogP contribution in [0, 0.1) is 11.8 Å². The maximum Gasteiger partial charge on any atom is 0.0806 e. The van der Waals surface area contributed by atoms with Crippen molar-refractivity contribution in [2.24, 2.45) is 11.8 Å². The van der Waals surface area contributed by atoms with Crippen molar-refractivity contribution < 1.29 is 4.74 Å². The molecule has 0 aromatic carbocycles. The van der Waals surface area contributed by atoms with Gasteiger partial charge in [0.15, 0.2) is 0 Å². The molecule has 0 aliphatic heterocycles. The molecule has 1 fully saturated rings. The molecule has 1 rings (SSSR count). The fourth-order valence-electron chi connectivity index (χ4n) is 2.33. The third kappa shape index (κ3) is 4.12. The van der Waals surface area contributed by atoms with Crippen LogP contribution in [0.1, 0.15) is 46.5 Å². The number of likely N-dealkylation sites (N-methyl/N-ethyl adjacent to an activating group) is 1. The van der Waals surface area contributed by atoms with E-state index in [1.165, 1.54) is 25.7 Å². The van der Waals surface area contributed by atoms with E-state index in [-0.39, 0.29) is 5.60 Å². The Labute approximate surface area is 94.8 Å². The summed E-state index contributed by atoms with van der Waals surface area (Å²) in [6.45, 7) is 8.70. The highest BCUT2D eigenvalue weighted by Gasteiger charge is 2.34. The first-order valence-corrected chi connectivity index (χ1v) is 6.36. The molecule has 2 nitrogen and oxygen atoms in total. The molecule has 0 aromatic heterocycles. The summed E-state index contributed by atoms with van der Waals surface area (Å²) in [5.74, 6) is 1.52. The second kappa shape index (κ2) is 5.86. The number of nitrogens with one attached hydrogen (secondary N) is 1. The topological polar surface area (TPSA) is 21.3 Å². The maximum atomic E-state index is 6.16. The molecule has 90 valence electrons. The fraction of sp³-hybridized carbons (Fsp3) is 1.00. The summed E-state index contributed by atoms with van der Waals surface area (Å²) in [6, 6.07) is 0. The lowest BCUT2D eigenvalue weighted by Crippen LogP contribution is -2.45. The van der Waals surface area contributed by atoms with Crippen LogP contribution in [0.5, 0.6) is 0 Å². The van der Waals surface area contributed by atoms with Crippen molar-refractivity contribution in [3.8, 4) is 0 Å². The van der Waals surface area contributed by atoms with E-state index in [2.05, 4.69) is 26.1 Å². The molecule has 0 radical (unpaired) electrons. The number of hydrogen-bond acceptors (Lipinski definition) is 2. The SMILES string of the molecule is CNCC1(OCC(C)C)CCC(C)CC1. The highest BCUT2D eigenvalue weighted by molar-refractivity contribution is 4.88. The minimum absolute atomic E-state index is 0.130. The Hall–Kier alpha value is -0.0800. The Morgan fingerprint density at radius 3 is 2.40 bits per heavy atom. The van der Waals surface area contributed by atoms with E-state index >= 15 is 0 Å². The van der Waals surface area contributed by atoms with E-state index in [1.54, 1.807) is 0 Å². The molecule has 1 aliphatic carbocycles. The molecule has 0 bridgehead atoms. The van der Waals surface area contributed by atoms with Gasteiger partial charge in [0.2, 0.25) is 0 Å². The van der Waals surface area contributed by atoms with Crippen LogP contribution >= 0.6 is 0 Å². The van der Waals surface area contributed by atoms with Gasteiger partial charge < -0.3 is 10.1 Å². The molecule has 0 saturated heterocycles. The van der Waals surface area contributed by atoms with Gasteiger partial charge in [-0.2, -0.15) is 0 Å². The predicted octanol–water partition coefficient (Wildman–Crippen LogP) is 2.83. The summed E-state index contributed by atoms with van der Waals surface area (Å²) < 4.78 is 6.16. The van der Waals surface area contributed by atoms with Crippen molar-refractivity contribution in [3.05, 3.63) is 0 Å². The minimum Gasteiger partial charge on any atom is -0.373 e. The Bertz CT molecular complexity index is 171. The second-order valence-electron chi connectivity index (χ2n) is 5.60. The van der Waals surface area contributed by atoms with Gasteiger partial charge in [0, 0.05) is 13.2 Å². The smallest absolute Gasteiger partial charge is 0.0806 e. The van der Waals surface area contributed by atoms with Crippen molar-refractivity contribution in [1.82, 2.24) is 5.32 Å². The zero-order valence-electron chi connectivity index (χ0n) is 10.8. The van der Waals surface area contributed by atoms with E-state index < -0.39 is 0 Å². The summed E-state index contributed by atoms with van der Waals surface area (Å²) in [5, 5.41) is 3.29. The highest BCUT2D eigenvalue weighted by atomic mass is 16.5. The average Bonchev–Trinajstić information content (AvgIpc) is 2.20. The number of ether oxygens (including phenoxy) is 1. The van der Waals surface area contributed by atoms with E-state index in [9.17, 15) is 0 Å². The summed E-state index contributed by atoms with van der Waals surface area (Å²) in [4.78, 5) is 0. The second-order valence-corrected chi connectivity index (χ2v) is 5.60. The first kappa shape index (κ1) is 13.0. The van der Waals surface area contributed by atoms with Crippen LogP contribution in [0.3, 0.4) is 0 Å². The molecule has 1 saturated carbocycles. The molecule has 2 heteroatoms. The van der Waals surface area contributed by atoms with Crippen LogP contribution in [0.25, 0.3) is 0 Å². The standard InChI is InChI=1S/C13H27NO/c1-11(2)9-15-13(10-14-4)7-5-12(3)6-8-13/h11-12,14H,5-10H2,1-4H3. The molecule has 15 heavy (non-hydrogen) atoms. The monoisotopic (exact) mass is 213 g/mol. The lowest BCUT2D eigenvalue weighted by atomic mass is 9.79. The van der Waals surface area contributed by atoms with Crippen molar-refractivity contribution in [2.45, 2.75) is 52.1 Å². The van der Waals surface area contributed by atoms with Crippen LogP contribution in [-0.2, 0) is 4.74 Å². The van der Waals surface area contributed by atoms with Crippen molar-refractivity contribution in [3.63, 3.8) is 0 Å². The van der Waals surface area contributed by atoms with E-state index in [1.807, 2.05) is 7.05 Å². The fourth-order valence-corrected chi connectivity index (χ4v) is 2.33. The average molecular weight is 213 g/mol. The molecule has 0 aromatic rings. The Morgan fingerprint density at radius 2 is 1.93 bits per heavy atom. The molecule has 1 N–H and O–H groups in total. The third-order valence-corrected chi connectivity index (χ3v) is 3.41. The van der Waals surface area contributed by atoms with Crippen molar-refractivity contribution in [1.29, 1.82) is 0 Å². The van der Waals surface area contributed by atoms with Crippen LogP contribution in [0.4, 0.5) is 0 Å². The summed E-state index contributed by atoms with van der Waals surface area (Å²) >= 11 is 0. The molecule has 1 aliphatic rings. The lowest BCUT2D eigenvalue weighted by Gasteiger charge is -2.39. The van der Waals surface area contributed by atoms with Crippen molar-refractivity contribution in [2.75, 3.05) is 20.2 Å². The van der Waals surface area contributed by atoms with Gasteiger partial charge in [-0.25, -0.2) is 0 Å². The highest BCUT2D eigenvalue weighted by Crippen LogP contribution is 2.34. The largest absolute Gasteiger partial charge is 0.373 e. The van der Waals surface area contributed by atoms with Gasteiger partial charge in [0.1, 0.15) is 0 Å². The van der Waals surface area contributed by atoms with Gasteiger partial charge in [-0.15, -0.1) is 0 Å². The first-order valence-electron chi connectivity index (χ1n) is 6.36. The summed E-state index contributed by atoms with van der Waals surface area (Å²) in [5.41, 5.74) is 0.130. The summed E-state index contributed by atoms with van der Waals surface area (Å²) in [6.07, 6.45) is 5.09. The van der Waals surface area contributed by atoms with Crippen LogP contribution < -0.4 is 5.32 Å². The zero-order chi connectivity index (χ0) is 11.3. The van der Waals surface area contributed by atoms with E-state index in [0.29, 0.717) is 5.92 Å². The number of hydrogen-bond donors (Lipinski definition) is 1. The Kier molecular flexibility index (Phi) is 5.07. The van der Waals surface area contributed by atoms with Gasteiger partial charge >= 0.3 is 0 Å². The van der Waals surface area contributed by atoms with E-state index in [0.717, 1.165) is 19.1 Å². The Balaban J connectivity index is 2.46. The third-order valence-electron chi connectivity index (χ3n) is 3.41. The van der Waals surface area contributed by atoms with Gasteiger partial charge in [-0.1, -0.05) is 20.8 Å². The maximum absolute atomic E-state index is 6.16. The molecule has 0 atom stereocenters. The minimum atomic E-state index is 0.130. The predicted molar refractivity (Wildman–Crippen MR) is 65.1 cm³/mol. The van der Waals surface area contributed by atoms with Gasteiger partial charge in [0.05, 0.1) is 5.60 Å². The van der Waals surface area contributed by atoms with Crippen LogP contribution in [0.2, 0.25) is 0 Å². The number of rotatable bonds is 5. The van der Waals surface area contributed by atoms with Gasteiger partial charge in [0.25, 0.3) is 0 Å². The molecule has 0 spiro atoms. The molecular formula is C13H27NO. The molecular weight excluding hydrogens is 186 g/mol.